The summed E-state index contributed by atoms with van der Waals surface area (Å²) in [6.45, 7) is 4.26. The Labute approximate surface area is 104 Å². The van der Waals surface area contributed by atoms with Crippen LogP contribution in [0.1, 0.15) is 32.3 Å². The summed E-state index contributed by atoms with van der Waals surface area (Å²) in [4.78, 5) is 0.252. The van der Waals surface area contributed by atoms with Gasteiger partial charge >= 0.3 is 0 Å². The fourth-order valence-electron chi connectivity index (χ4n) is 1.86. The summed E-state index contributed by atoms with van der Waals surface area (Å²) >= 11 is 3.59. The van der Waals surface area contributed by atoms with Crippen molar-refractivity contribution in [1.82, 2.24) is 0 Å². The van der Waals surface area contributed by atoms with Gasteiger partial charge in [0.25, 0.3) is 0 Å². The molecule has 0 nitrogen and oxygen atoms in total. The van der Waals surface area contributed by atoms with Crippen LogP contribution in [-0.2, 0) is 6.42 Å². The van der Waals surface area contributed by atoms with Gasteiger partial charge in [-0.1, -0.05) is 48.7 Å². The van der Waals surface area contributed by atoms with E-state index >= 15 is 0 Å². The number of benzene rings is 1. The zero-order chi connectivity index (χ0) is 12.1. The Balaban J connectivity index is 2.72. The van der Waals surface area contributed by atoms with E-state index in [4.69, 9.17) is 0 Å². The van der Waals surface area contributed by atoms with E-state index in [1.807, 2.05) is 0 Å². The molecule has 0 spiro atoms. The molecule has 1 atom stereocenters. The Hall–Kier alpha value is -0.440. The Morgan fingerprint density at radius 1 is 1.19 bits per heavy atom. The first-order chi connectivity index (χ1) is 7.58. The summed E-state index contributed by atoms with van der Waals surface area (Å²) in [6, 6.07) is 3.79. The molecule has 0 bridgehead atoms. The van der Waals surface area contributed by atoms with E-state index in [-0.39, 0.29) is 4.83 Å². The summed E-state index contributed by atoms with van der Waals surface area (Å²) in [7, 11) is 0. The lowest BCUT2D eigenvalue weighted by Crippen LogP contribution is -2.16. The van der Waals surface area contributed by atoms with Crippen molar-refractivity contribution in [3.63, 3.8) is 0 Å². The third-order valence-corrected chi connectivity index (χ3v) is 4.06. The number of rotatable bonds is 5. The van der Waals surface area contributed by atoms with E-state index in [0.717, 1.165) is 18.9 Å². The largest absolute Gasteiger partial charge is 0.207 e. The summed E-state index contributed by atoms with van der Waals surface area (Å²) in [6.07, 6.45) is 2.74. The maximum atomic E-state index is 13.4. The standard InChI is InChI=1S/C13H17BrF2/c1-3-9(4-2)12(14)7-10-5-6-11(15)8-13(10)16/h5-6,8-9,12H,3-4,7H2,1-2H3. The highest BCUT2D eigenvalue weighted by Gasteiger charge is 2.17. The lowest BCUT2D eigenvalue weighted by molar-refractivity contribution is 0.468. The van der Waals surface area contributed by atoms with Gasteiger partial charge in [0.1, 0.15) is 11.6 Å². The topological polar surface area (TPSA) is 0 Å². The van der Waals surface area contributed by atoms with E-state index in [1.54, 1.807) is 0 Å². The predicted molar refractivity (Wildman–Crippen MR) is 66.8 cm³/mol. The van der Waals surface area contributed by atoms with Gasteiger partial charge in [0.05, 0.1) is 0 Å². The van der Waals surface area contributed by atoms with E-state index in [2.05, 4.69) is 29.8 Å². The molecule has 0 aromatic heterocycles. The van der Waals surface area contributed by atoms with Crippen LogP contribution < -0.4 is 0 Å². The molecule has 90 valence electrons. The van der Waals surface area contributed by atoms with E-state index in [0.29, 0.717) is 17.9 Å². The Bertz CT molecular complexity index is 335. The molecular formula is C13H17BrF2. The van der Waals surface area contributed by atoms with Crippen molar-refractivity contribution in [3.8, 4) is 0 Å². The summed E-state index contributed by atoms with van der Waals surface area (Å²) in [5, 5.41) is 0. The molecule has 1 aromatic carbocycles. The Morgan fingerprint density at radius 3 is 2.31 bits per heavy atom. The lowest BCUT2D eigenvalue weighted by Gasteiger charge is -2.19. The van der Waals surface area contributed by atoms with E-state index < -0.39 is 11.6 Å². The minimum atomic E-state index is -0.519. The molecule has 0 radical (unpaired) electrons. The SMILES string of the molecule is CCC(CC)C(Br)Cc1ccc(F)cc1F. The molecule has 0 saturated heterocycles. The summed E-state index contributed by atoms with van der Waals surface area (Å²) in [5.41, 5.74) is 0.579. The molecule has 0 amide bonds. The van der Waals surface area contributed by atoms with Crippen molar-refractivity contribution in [1.29, 1.82) is 0 Å². The molecule has 3 heteroatoms. The third kappa shape index (κ3) is 3.55. The average Bonchev–Trinajstić information content (AvgIpc) is 2.24. The summed E-state index contributed by atoms with van der Waals surface area (Å²) in [5.74, 6) is -0.435. The number of hydrogen-bond acceptors (Lipinski definition) is 0. The quantitative estimate of drug-likeness (QED) is 0.689. The van der Waals surface area contributed by atoms with Crippen LogP contribution in [-0.4, -0.2) is 4.83 Å². The smallest absolute Gasteiger partial charge is 0.129 e. The van der Waals surface area contributed by atoms with Crippen LogP contribution in [0.5, 0.6) is 0 Å². The fourth-order valence-corrected chi connectivity index (χ4v) is 2.96. The van der Waals surface area contributed by atoms with Gasteiger partial charge in [-0.3, -0.25) is 0 Å². The van der Waals surface area contributed by atoms with Crippen molar-refractivity contribution >= 4 is 15.9 Å². The highest BCUT2D eigenvalue weighted by molar-refractivity contribution is 9.09. The van der Waals surface area contributed by atoms with Crippen molar-refractivity contribution < 1.29 is 8.78 Å². The third-order valence-electron chi connectivity index (χ3n) is 2.99. The van der Waals surface area contributed by atoms with Crippen LogP contribution in [0.15, 0.2) is 18.2 Å². The molecule has 1 aromatic rings. The van der Waals surface area contributed by atoms with Gasteiger partial charge in [0, 0.05) is 10.9 Å². The first-order valence-electron chi connectivity index (χ1n) is 5.66. The first kappa shape index (κ1) is 13.6. The number of hydrogen-bond donors (Lipinski definition) is 0. The van der Waals surface area contributed by atoms with Gasteiger partial charge in [-0.15, -0.1) is 0 Å². The Morgan fingerprint density at radius 2 is 1.81 bits per heavy atom. The maximum absolute atomic E-state index is 13.4. The minimum absolute atomic E-state index is 0.252. The van der Waals surface area contributed by atoms with Crippen LogP contribution in [0.3, 0.4) is 0 Å². The minimum Gasteiger partial charge on any atom is -0.207 e. The van der Waals surface area contributed by atoms with Gasteiger partial charge in [-0.25, -0.2) is 8.78 Å². The maximum Gasteiger partial charge on any atom is 0.129 e. The lowest BCUT2D eigenvalue weighted by atomic mass is 9.94. The molecule has 0 N–H and O–H groups in total. The van der Waals surface area contributed by atoms with Crippen molar-refractivity contribution in [2.24, 2.45) is 5.92 Å². The molecule has 16 heavy (non-hydrogen) atoms. The van der Waals surface area contributed by atoms with Crippen molar-refractivity contribution in [3.05, 3.63) is 35.4 Å². The molecule has 0 aliphatic heterocycles. The first-order valence-corrected chi connectivity index (χ1v) is 6.58. The fraction of sp³-hybridized carbons (Fsp3) is 0.538. The Kier molecular flexibility index (Phi) is 5.39. The second-order valence-electron chi connectivity index (χ2n) is 4.03. The molecule has 0 saturated carbocycles. The monoisotopic (exact) mass is 290 g/mol. The van der Waals surface area contributed by atoms with Gasteiger partial charge in [0.2, 0.25) is 0 Å². The molecule has 0 aliphatic carbocycles. The van der Waals surface area contributed by atoms with E-state index in [9.17, 15) is 8.78 Å². The molecule has 0 aliphatic rings. The number of alkyl halides is 1. The molecule has 0 heterocycles. The number of halogens is 3. The van der Waals surface area contributed by atoms with Crippen molar-refractivity contribution in [2.75, 3.05) is 0 Å². The van der Waals surface area contributed by atoms with Crippen LogP contribution in [0.25, 0.3) is 0 Å². The zero-order valence-electron chi connectivity index (χ0n) is 9.64. The van der Waals surface area contributed by atoms with Crippen LogP contribution in [0.4, 0.5) is 8.78 Å². The molecular weight excluding hydrogens is 274 g/mol. The average molecular weight is 291 g/mol. The van der Waals surface area contributed by atoms with Gasteiger partial charge in [0.15, 0.2) is 0 Å². The molecule has 0 fully saturated rings. The second-order valence-corrected chi connectivity index (χ2v) is 5.21. The van der Waals surface area contributed by atoms with Gasteiger partial charge < -0.3 is 0 Å². The highest BCUT2D eigenvalue weighted by atomic mass is 79.9. The van der Waals surface area contributed by atoms with Crippen molar-refractivity contribution in [2.45, 2.75) is 37.9 Å². The van der Waals surface area contributed by atoms with Crippen LogP contribution in [0, 0.1) is 17.6 Å². The normalized spacial score (nSPS) is 13.1. The second kappa shape index (κ2) is 6.33. The van der Waals surface area contributed by atoms with Crippen LogP contribution in [0.2, 0.25) is 0 Å². The predicted octanol–water partition coefficient (Wildman–Crippen LogP) is 4.71. The zero-order valence-corrected chi connectivity index (χ0v) is 11.2. The highest BCUT2D eigenvalue weighted by Crippen LogP contribution is 2.25. The summed E-state index contributed by atoms with van der Waals surface area (Å²) < 4.78 is 26.1. The molecule has 1 rings (SSSR count). The van der Waals surface area contributed by atoms with E-state index in [1.165, 1.54) is 12.1 Å². The van der Waals surface area contributed by atoms with Gasteiger partial charge in [-0.2, -0.15) is 0 Å². The molecule has 1 unspecified atom stereocenters. The van der Waals surface area contributed by atoms with Gasteiger partial charge in [-0.05, 0) is 24.0 Å². The van der Waals surface area contributed by atoms with Crippen LogP contribution >= 0.6 is 15.9 Å².